The van der Waals surface area contributed by atoms with E-state index in [1.165, 1.54) is 12.1 Å². The molecule has 1 heterocycles. The Bertz CT molecular complexity index is 1170. The second-order valence-corrected chi connectivity index (χ2v) is 8.91. The lowest BCUT2D eigenvalue weighted by Crippen LogP contribution is -2.51. The number of anilines is 1. The number of thiocarbonyl (C=S) groups is 1. The maximum Gasteiger partial charge on any atom is 0.263 e. The number of halogens is 3. The molecule has 1 aliphatic heterocycles. The highest BCUT2D eigenvalue weighted by Gasteiger charge is 2.26. The van der Waals surface area contributed by atoms with Crippen LogP contribution in [0, 0.1) is 3.57 Å². The fourth-order valence-corrected chi connectivity index (χ4v) is 4.02. The van der Waals surface area contributed by atoms with Gasteiger partial charge in [0.25, 0.3) is 17.7 Å². The van der Waals surface area contributed by atoms with Crippen molar-refractivity contribution in [2.75, 3.05) is 18.5 Å². The number of carbonyl (C=O) groups excluding carboxylic acids is 3. The Morgan fingerprint density at radius 3 is 2.45 bits per heavy atom. The van der Waals surface area contributed by atoms with Gasteiger partial charge < -0.3 is 14.8 Å². The van der Waals surface area contributed by atoms with E-state index in [0.717, 1.165) is 0 Å². The molecule has 0 saturated carbocycles. The molecule has 1 fully saturated rings. The van der Waals surface area contributed by atoms with E-state index in [1.54, 1.807) is 31.2 Å². The summed E-state index contributed by atoms with van der Waals surface area (Å²) in [5.74, 6) is -0.912. The summed E-state index contributed by atoms with van der Waals surface area (Å²) in [6.07, 6.45) is 1.41. The van der Waals surface area contributed by atoms with E-state index < -0.39 is 17.7 Å². The number of nitrogens with one attached hydrogen (secondary N) is 3. The van der Waals surface area contributed by atoms with E-state index in [-0.39, 0.29) is 17.3 Å². The standard InChI is InChI=1S/C21H16Cl2IN3O5S/c1-2-31-16-7-10(5-12-19(29)26-21(33)27-20(12)30)6-15(24)18(16)32-9-17(28)25-11-3-4-13(22)14(23)8-11/h3-8H,2,9H2,1H3,(H,25,28)(H2,26,27,29,30,33). The average Bonchev–Trinajstić information content (AvgIpc) is 2.73. The topological polar surface area (TPSA) is 106 Å². The Morgan fingerprint density at radius 1 is 1.12 bits per heavy atom. The zero-order chi connectivity index (χ0) is 24.1. The normalized spacial score (nSPS) is 13.2. The van der Waals surface area contributed by atoms with Crippen LogP contribution in [0.15, 0.2) is 35.9 Å². The first-order chi connectivity index (χ1) is 15.7. The highest BCUT2D eigenvalue weighted by atomic mass is 127. The molecule has 1 saturated heterocycles. The Labute approximate surface area is 218 Å². The Hall–Kier alpha value is -2.41. The van der Waals surface area contributed by atoms with Gasteiger partial charge >= 0.3 is 0 Å². The average molecular weight is 620 g/mol. The van der Waals surface area contributed by atoms with E-state index in [9.17, 15) is 14.4 Å². The van der Waals surface area contributed by atoms with Gasteiger partial charge in [0.1, 0.15) is 5.57 Å². The molecule has 0 unspecified atom stereocenters. The summed E-state index contributed by atoms with van der Waals surface area (Å²) < 4.78 is 12.0. The third-order valence-corrected chi connectivity index (χ3v) is 5.88. The molecule has 3 amide bonds. The van der Waals surface area contributed by atoms with Crippen molar-refractivity contribution in [1.82, 2.24) is 10.6 Å². The number of hydrogen-bond donors (Lipinski definition) is 3. The quantitative estimate of drug-likeness (QED) is 0.188. The fraction of sp³-hybridized carbons (Fsp3) is 0.143. The van der Waals surface area contributed by atoms with Crippen molar-refractivity contribution in [3.05, 3.63) is 55.1 Å². The summed E-state index contributed by atoms with van der Waals surface area (Å²) >= 11 is 18.7. The SMILES string of the molecule is CCOc1cc(C=C2C(=O)NC(=S)NC2=O)cc(I)c1OCC(=O)Nc1ccc(Cl)c(Cl)c1. The molecule has 172 valence electrons. The molecule has 8 nitrogen and oxygen atoms in total. The van der Waals surface area contributed by atoms with Gasteiger partial charge in [0.15, 0.2) is 23.2 Å². The number of hydrogen-bond acceptors (Lipinski definition) is 6. The van der Waals surface area contributed by atoms with Gasteiger partial charge in [0.2, 0.25) is 0 Å². The van der Waals surface area contributed by atoms with E-state index in [4.69, 9.17) is 44.9 Å². The van der Waals surface area contributed by atoms with Crippen LogP contribution in [-0.2, 0) is 14.4 Å². The van der Waals surface area contributed by atoms with Gasteiger partial charge in [-0.1, -0.05) is 23.2 Å². The minimum absolute atomic E-state index is 0.0466. The van der Waals surface area contributed by atoms with Gasteiger partial charge in [0.05, 0.1) is 20.2 Å². The van der Waals surface area contributed by atoms with Gasteiger partial charge in [0, 0.05) is 5.69 Å². The van der Waals surface area contributed by atoms with Gasteiger partial charge in [-0.25, -0.2) is 0 Å². The first kappa shape index (κ1) is 25.2. The molecule has 2 aromatic carbocycles. The molecular formula is C21H16Cl2IN3O5S. The van der Waals surface area contributed by atoms with Crippen molar-refractivity contribution in [2.45, 2.75) is 6.92 Å². The van der Waals surface area contributed by atoms with Crippen LogP contribution in [-0.4, -0.2) is 36.0 Å². The minimum atomic E-state index is -0.601. The van der Waals surface area contributed by atoms with Gasteiger partial charge in [-0.15, -0.1) is 0 Å². The van der Waals surface area contributed by atoms with Crippen LogP contribution in [0.5, 0.6) is 11.5 Å². The van der Waals surface area contributed by atoms with Crippen molar-refractivity contribution in [2.24, 2.45) is 0 Å². The van der Waals surface area contributed by atoms with Crippen molar-refractivity contribution in [3.63, 3.8) is 0 Å². The lowest BCUT2D eigenvalue weighted by Gasteiger charge is -2.17. The van der Waals surface area contributed by atoms with Gasteiger partial charge in [-0.3, -0.25) is 25.0 Å². The summed E-state index contributed by atoms with van der Waals surface area (Å²) in [5.41, 5.74) is 0.906. The molecule has 0 spiro atoms. The Balaban J connectivity index is 1.78. The third-order valence-electron chi connectivity index (χ3n) is 4.14. The zero-order valence-electron chi connectivity index (χ0n) is 17.0. The second-order valence-electron chi connectivity index (χ2n) is 6.52. The third kappa shape index (κ3) is 6.56. The first-order valence-corrected chi connectivity index (χ1v) is 11.6. The number of amides is 3. The Kier molecular flexibility index (Phi) is 8.51. The summed E-state index contributed by atoms with van der Waals surface area (Å²) in [6, 6.07) is 8.02. The summed E-state index contributed by atoms with van der Waals surface area (Å²) in [6.45, 7) is 1.83. The Morgan fingerprint density at radius 2 is 1.82 bits per heavy atom. The van der Waals surface area contributed by atoms with Crippen LogP contribution < -0.4 is 25.4 Å². The largest absolute Gasteiger partial charge is 0.490 e. The molecular weight excluding hydrogens is 604 g/mol. The van der Waals surface area contributed by atoms with Gasteiger partial charge in [-0.05, 0) is 83.7 Å². The summed E-state index contributed by atoms with van der Waals surface area (Å²) in [4.78, 5) is 36.5. The fourth-order valence-electron chi connectivity index (χ4n) is 2.76. The molecule has 2 aromatic rings. The lowest BCUT2D eigenvalue weighted by atomic mass is 10.1. The van der Waals surface area contributed by atoms with Crippen LogP contribution in [0.4, 0.5) is 5.69 Å². The van der Waals surface area contributed by atoms with Crippen LogP contribution in [0.3, 0.4) is 0 Å². The van der Waals surface area contributed by atoms with Crippen molar-refractivity contribution in [3.8, 4) is 11.5 Å². The van der Waals surface area contributed by atoms with Crippen LogP contribution >= 0.6 is 58.0 Å². The van der Waals surface area contributed by atoms with Crippen LogP contribution in [0.1, 0.15) is 12.5 Å². The predicted octanol–water partition coefficient (Wildman–Crippen LogP) is 3.93. The maximum absolute atomic E-state index is 12.3. The highest BCUT2D eigenvalue weighted by molar-refractivity contribution is 14.1. The lowest BCUT2D eigenvalue weighted by molar-refractivity contribution is -0.123. The molecule has 0 aliphatic carbocycles. The second kappa shape index (κ2) is 11.1. The molecule has 3 N–H and O–H groups in total. The van der Waals surface area contributed by atoms with Crippen LogP contribution in [0.2, 0.25) is 10.0 Å². The van der Waals surface area contributed by atoms with Crippen molar-refractivity contribution >= 4 is 92.6 Å². The van der Waals surface area contributed by atoms with E-state index in [1.807, 2.05) is 22.6 Å². The maximum atomic E-state index is 12.3. The van der Waals surface area contributed by atoms with Gasteiger partial charge in [-0.2, -0.15) is 0 Å². The molecule has 33 heavy (non-hydrogen) atoms. The van der Waals surface area contributed by atoms with E-state index >= 15 is 0 Å². The van der Waals surface area contributed by atoms with Crippen molar-refractivity contribution < 1.29 is 23.9 Å². The smallest absolute Gasteiger partial charge is 0.263 e. The molecule has 1 aliphatic rings. The summed E-state index contributed by atoms with van der Waals surface area (Å²) in [5, 5.41) is 8.08. The van der Waals surface area contributed by atoms with E-state index in [0.29, 0.717) is 43.0 Å². The molecule has 0 radical (unpaired) electrons. The molecule has 0 bridgehead atoms. The number of rotatable bonds is 7. The predicted molar refractivity (Wildman–Crippen MR) is 138 cm³/mol. The zero-order valence-corrected chi connectivity index (χ0v) is 21.4. The van der Waals surface area contributed by atoms with E-state index in [2.05, 4.69) is 16.0 Å². The van der Waals surface area contributed by atoms with Crippen molar-refractivity contribution in [1.29, 1.82) is 0 Å². The first-order valence-electron chi connectivity index (χ1n) is 9.40. The highest BCUT2D eigenvalue weighted by Crippen LogP contribution is 2.35. The van der Waals surface area contributed by atoms with Crippen LogP contribution in [0.25, 0.3) is 6.08 Å². The summed E-state index contributed by atoms with van der Waals surface area (Å²) in [7, 11) is 0. The monoisotopic (exact) mass is 619 g/mol. The molecule has 3 rings (SSSR count). The molecule has 0 atom stereocenters. The number of carbonyl (C=O) groups is 3. The number of ether oxygens (including phenoxy) is 2. The minimum Gasteiger partial charge on any atom is -0.490 e. The number of benzene rings is 2. The molecule has 12 heteroatoms. The molecule has 0 aromatic heterocycles.